The molecule has 1 saturated heterocycles. The van der Waals surface area contributed by atoms with Crippen LogP contribution < -0.4 is 10.2 Å². The van der Waals surface area contributed by atoms with Crippen molar-refractivity contribution in [3.8, 4) is 11.1 Å². The lowest BCUT2D eigenvalue weighted by Crippen LogP contribution is -2.34. The van der Waals surface area contributed by atoms with Gasteiger partial charge in [-0.2, -0.15) is 0 Å². The summed E-state index contributed by atoms with van der Waals surface area (Å²) in [5.41, 5.74) is 2.79. The fourth-order valence-corrected chi connectivity index (χ4v) is 4.47. The second kappa shape index (κ2) is 7.57. The maximum atomic E-state index is 12.9. The Kier molecular flexibility index (Phi) is 4.79. The molecular weight excluding hydrogens is 350 g/mol. The number of hydrogen-bond acceptors (Lipinski definition) is 4. The maximum absolute atomic E-state index is 12.9. The van der Waals surface area contributed by atoms with Gasteiger partial charge in [-0.25, -0.2) is 9.97 Å². The molecule has 3 fully saturated rings. The van der Waals surface area contributed by atoms with Crippen molar-refractivity contribution in [1.82, 2.24) is 19.9 Å². The zero-order valence-corrected chi connectivity index (χ0v) is 16.4. The number of nitrogens with zero attached hydrogens (tertiary/aromatic N) is 4. The van der Waals surface area contributed by atoms with Gasteiger partial charge in [-0.15, -0.1) is 0 Å². The van der Waals surface area contributed by atoms with Crippen molar-refractivity contribution in [2.45, 2.75) is 64.0 Å². The largest absolute Gasteiger partial charge is 0.348 e. The van der Waals surface area contributed by atoms with Crippen molar-refractivity contribution in [2.24, 2.45) is 5.92 Å². The Morgan fingerprint density at radius 3 is 2.39 bits per heavy atom. The summed E-state index contributed by atoms with van der Waals surface area (Å²) < 4.78 is 2.14. The van der Waals surface area contributed by atoms with Crippen LogP contribution in [0.5, 0.6) is 0 Å². The zero-order chi connectivity index (χ0) is 18.9. The highest BCUT2D eigenvalue weighted by molar-refractivity contribution is 5.94. The highest BCUT2D eigenvalue weighted by Crippen LogP contribution is 2.33. The van der Waals surface area contributed by atoms with E-state index in [-0.39, 0.29) is 5.91 Å². The van der Waals surface area contributed by atoms with E-state index in [9.17, 15) is 4.79 Å². The molecule has 0 radical (unpaired) electrons. The minimum absolute atomic E-state index is 0.0633. The van der Waals surface area contributed by atoms with Gasteiger partial charge in [0.05, 0.1) is 0 Å². The monoisotopic (exact) mass is 379 g/mol. The molecule has 0 bridgehead atoms. The summed E-state index contributed by atoms with van der Waals surface area (Å²) in [6, 6.07) is 2.35. The molecule has 0 atom stereocenters. The predicted molar refractivity (Wildman–Crippen MR) is 109 cm³/mol. The Hall–Kier alpha value is -2.37. The van der Waals surface area contributed by atoms with E-state index in [1.807, 2.05) is 18.5 Å². The van der Waals surface area contributed by atoms with Gasteiger partial charge >= 0.3 is 0 Å². The fourth-order valence-electron chi connectivity index (χ4n) is 4.47. The van der Waals surface area contributed by atoms with Gasteiger partial charge in [0.2, 0.25) is 5.95 Å². The predicted octanol–water partition coefficient (Wildman–Crippen LogP) is 3.63. The molecule has 3 aliphatic rings. The van der Waals surface area contributed by atoms with E-state index in [1.54, 1.807) is 0 Å². The number of carbonyl (C=O) groups excluding carboxylic acids is 1. The van der Waals surface area contributed by atoms with Gasteiger partial charge in [0.1, 0.15) is 5.69 Å². The summed E-state index contributed by atoms with van der Waals surface area (Å²) in [6.07, 6.45) is 15.5. The quantitative estimate of drug-likeness (QED) is 0.832. The van der Waals surface area contributed by atoms with Crippen LogP contribution in [0.25, 0.3) is 11.1 Å². The minimum atomic E-state index is 0.0633. The first-order chi connectivity index (χ1) is 13.8. The average Bonchev–Trinajstić information content (AvgIpc) is 3.14. The number of amides is 1. The molecule has 2 aromatic rings. The standard InChI is InChI=1S/C22H29N5O/c28-21(25-19-5-1-2-6-19)20-11-17(15-27(20)14-16-7-8-16)18-12-23-22(24-13-18)26-9-3-4-10-26/h11-13,15-16,19H,1-10,14H2,(H,25,28). The maximum Gasteiger partial charge on any atom is 0.268 e. The molecule has 2 saturated carbocycles. The van der Waals surface area contributed by atoms with Gasteiger partial charge in [0.25, 0.3) is 5.91 Å². The second-order valence-corrected chi connectivity index (χ2v) is 8.63. The van der Waals surface area contributed by atoms with Crippen LogP contribution in [-0.4, -0.2) is 39.6 Å². The molecule has 2 aromatic heterocycles. The zero-order valence-electron chi connectivity index (χ0n) is 16.4. The van der Waals surface area contributed by atoms with Crippen LogP contribution in [-0.2, 0) is 6.54 Å². The Bertz CT molecular complexity index is 827. The van der Waals surface area contributed by atoms with Gasteiger partial charge in [-0.3, -0.25) is 4.79 Å². The van der Waals surface area contributed by atoms with E-state index in [0.717, 1.165) is 55.2 Å². The van der Waals surface area contributed by atoms with Crippen LogP contribution >= 0.6 is 0 Å². The number of carbonyl (C=O) groups is 1. The molecule has 0 unspecified atom stereocenters. The number of anilines is 1. The van der Waals surface area contributed by atoms with Crippen molar-refractivity contribution in [1.29, 1.82) is 0 Å². The fraction of sp³-hybridized carbons (Fsp3) is 0.591. The molecule has 148 valence electrons. The van der Waals surface area contributed by atoms with Crippen molar-refractivity contribution >= 4 is 11.9 Å². The summed E-state index contributed by atoms with van der Waals surface area (Å²) >= 11 is 0. The minimum Gasteiger partial charge on any atom is -0.348 e. The van der Waals surface area contributed by atoms with Crippen LogP contribution in [0, 0.1) is 5.92 Å². The van der Waals surface area contributed by atoms with E-state index in [4.69, 9.17) is 0 Å². The second-order valence-electron chi connectivity index (χ2n) is 8.63. The molecule has 0 spiro atoms. The number of hydrogen-bond donors (Lipinski definition) is 1. The van der Waals surface area contributed by atoms with Gasteiger partial charge in [-0.1, -0.05) is 12.8 Å². The van der Waals surface area contributed by atoms with Gasteiger partial charge < -0.3 is 14.8 Å². The Morgan fingerprint density at radius 1 is 1.00 bits per heavy atom. The van der Waals surface area contributed by atoms with E-state index in [1.165, 1.54) is 38.5 Å². The Balaban J connectivity index is 1.37. The van der Waals surface area contributed by atoms with Crippen LogP contribution in [0.15, 0.2) is 24.7 Å². The van der Waals surface area contributed by atoms with Gasteiger partial charge in [-0.05, 0) is 50.5 Å². The molecule has 1 aliphatic heterocycles. The SMILES string of the molecule is O=C(NC1CCCC1)c1cc(-c2cnc(N3CCCC3)nc2)cn1CC1CC1. The summed E-state index contributed by atoms with van der Waals surface area (Å²) in [5, 5.41) is 3.24. The highest BCUT2D eigenvalue weighted by atomic mass is 16.2. The summed E-state index contributed by atoms with van der Waals surface area (Å²) in [6.45, 7) is 3.02. The molecule has 3 heterocycles. The number of aromatic nitrogens is 3. The Morgan fingerprint density at radius 2 is 1.71 bits per heavy atom. The topological polar surface area (TPSA) is 63.1 Å². The van der Waals surface area contributed by atoms with E-state index in [0.29, 0.717) is 12.0 Å². The highest BCUT2D eigenvalue weighted by Gasteiger charge is 2.26. The van der Waals surface area contributed by atoms with Crippen LogP contribution in [0.1, 0.15) is 61.9 Å². The van der Waals surface area contributed by atoms with Crippen LogP contribution in [0.2, 0.25) is 0 Å². The lowest BCUT2D eigenvalue weighted by molar-refractivity contribution is 0.0928. The number of nitrogens with one attached hydrogen (secondary N) is 1. The third-order valence-corrected chi connectivity index (χ3v) is 6.33. The first-order valence-corrected chi connectivity index (χ1v) is 10.8. The molecule has 2 aliphatic carbocycles. The van der Waals surface area contributed by atoms with Crippen LogP contribution in [0.3, 0.4) is 0 Å². The molecule has 6 heteroatoms. The van der Waals surface area contributed by atoms with E-state index < -0.39 is 0 Å². The van der Waals surface area contributed by atoms with Crippen molar-refractivity contribution in [2.75, 3.05) is 18.0 Å². The summed E-state index contributed by atoms with van der Waals surface area (Å²) in [4.78, 5) is 24.3. The van der Waals surface area contributed by atoms with E-state index in [2.05, 4.69) is 30.9 Å². The Labute approximate surface area is 166 Å². The van der Waals surface area contributed by atoms with Crippen molar-refractivity contribution < 1.29 is 4.79 Å². The van der Waals surface area contributed by atoms with Gasteiger partial charge in [0, 0.05) is 55.4 Å². The third-order valence-electron chi connectivity index (χ3n) is 6.33. The molecule has 5 rings (SSSR count). The molecule has 6 nitrogen and oxygen atoms in total. The third kappa shape index (κ3) is 3.77. The lowest BCUT2D eigenvalue weighted by atomic mass is 10.2. The van der Waals surface area contributed by atoms with Gasteiger partial charge in [0.15, 0.2) is 0 Å². The summed E-state index contributed by atoms with van der Waals surface area (Å²) in [5.74, 6) is 1.60. The first kappa shape index (κ1) is 17.7. The lowest BCUT2D eigenvalue weighted by Gasteiger charge is -2.14. The molecule has 28 heavy (non-hydrogen) atoms. The average molecular weight is 380 g/mol. The summed E-state index contributed by atoms with van der Waals surface area (Å²) in [7, 11) is 0. The molecular formula is C22H29N5O. The van der Waals surface area contributed by atoms with Crippen molar-refractivity contribution in [3.63, 3.8) is 0 Å². The normalized spacial score (nSPS) is 20.1. The molecule has 1 N–H and O–H groups in total. The molecule has 1 amide bonds. The van der Waals surface area contributed by atoms with Crippen LogP contribution in [0.4, 0.5) is 5.95 Å². The smallest absolute Gasteiger partial charge is 0.268 e. The van der Waals surface area contributed by atoms with E-state index >= 15 is 0 Å². The first-order valence-electron chi connectivity index (χ1n) is 10.8. The van der Waals surface area contributed by atoms with Crippen molar-refractivity contribution in [3.05, 3.63) is 30.4 Å². The number of rotatable bonds is 6. The molecule has 0 aromatic carbocycles.